The van der Waals surface area contributed by atoms with Crippen LogP contribution in [0.3, 0.4) is 0 Å². The molecule has 1 saturated carbocycles. The zero-order valence-electron chi connectivity index (χ0n) is 11.5. The number of rotatable bonds is 2. The number of fused-ring (bicyclic) bond motifs is 2. The van der Waals surface area contributed by atoms with Gasteiger partial charge < -0.3 is 19.0 Å². The standard InChI is InChI=1S/C16H16O4/c1-8-5-10-12(7-16(18)3-4-16)14-11(6-9(2)19-14)13(17)15(10)20-8/h5-6,17-18H,3-4,7H2,1-2H3. The van der Waals surface area contributed by atoms with E-state index in [1.165, 1.54) is 0 Å². The van der Waals surface area contributed by atoms with Crippen LogP contribution in [0, 0.1) is 13.8 Å². The Morgan fingerprint density at radius 3 is 2.30 bits per heavy atom. The number of benzene rings is 1. The minimum atomic E-state index is -0.622. The lowest BCUT2D eigenvalue weighted by Gasteiger charge is -2.10. The average Bonchev–Trinajstić information content (AvgIpc) is 2.82. The molecule has 1 aliphatic carbocycles. The summed E-state index contributed by atoms with van der Waals surface area (Å²) in [5, 5.41) is 22.1. The average molecular weight is 272 g/mol. The van der Waals surface area contributed by atoms with Gasteiger partial charge in [0.05, 0.1) is 11.0 Å². The van der Waals surface area contributed by atoms with Gasteiger partial charge in [-0.15, -0.1) is 0 Å². The molecular weight excluding hydrogens is 256 g/mol. The Hall–Kier alpha value is -1.94. The summed E-state index contributed by atoms with van der Waals surface area (Å²) in [6, 6.07) is 3.70. The van der Waals surface area contributed by atoms with Gasteiger partial charge in [-0.25, -0.2) is 0 Å². The molecule has 20 heavy (non-hydrogen) atoms. The van der Waals surface area contributed by atoms with Crippen molar-refractivity contribution in [1.29, 1.82) is 0 Å². The molecule has 4 rings (SSSR count). The number of aromatic hydroxyl groups is 1. The predicted molar refractivity (Wildman–Crippen MR) is 75.0 cm³/mol. The summed E-state index contributed by atoms with van der Waals surface area (Å²) < 4.78 is 11.4. The van der Waals surface area contributed by atoms with Crippen molar-refractivity contribution in [2.24, 2.45) is 0 Å². The first-order valence-corrected chi connectivity index (χ1v) is 6.83. The van der Waals surface area contributed by atoms with E-state index in [2.05, 4.69) is 0 Å². The molecule has 0 bridgehead atoms. The molecule has 1 aromatic carbocycles. The van der Waals surface area contributed by atoms with Gasteiger partial charge >= 0.3 is 0 Å². The van der Waals surface area contributed by atoms with Crippen LogP contribution in [0.5, 0.6) is 5.75 Å². The van der Waals surface area contributed by atoms with Crippen molar-refractivity contribution < 1.29 is 19.0 Å². The summed E-state index contributed by atoms with van der Waals surface area (Å²) in [6.07, 6.45) is 2.16. The van der Waals surface area contributed by atoms with Gasteiger partial charge in [0.25, 0.3) is 0 Å². The van der Waals surface area contributed by atoms with Gasteiger partial charge in [-0.2, -0.15) is 0 Å². The Kier molecular flexibility index (Phi) is 2.12. The van der Waals surface area contributed by atoms with Gasteiger partial charge in [0.15, 0.2) is 11.3 Å². The van der Waals surface area contributed by atoms with E-state index in [9.17, 15) is 10.2 Å². The Labute approximate surface area is 115 Å². The number of phenolic OH excluding ortho intramolecular Hbond substituents is 1. The summed E-state index contributed by atoms with van der Waals surface area (Å²) in [6.45, 7) is 3.70. The quantitative estimate of drug-likeness (QED) is 0.748. The highest BCUT2D eigenvalue weighted by Crippen LogP contribution is 2.45. The number of hydrogen-bond acceptors (Lipinski definition) is 4. The first-order chi connectivity index (χ1) is 9.47. The number of aryl methyl sites for hydroxylation is 2. The normalized spacial score (nSPS) is 17.1. The van der Waals surface area contributed by atoms with Gasteiger partial charge in [-0.05, 0) is 38.8 Å². The van der Waals surface area contributed by atoms with Crippen LogP contribution in [-0.4, -0.2) is 15.8 Å². The Bertz CT molecular complexity index is 776. The van der Waals surface area contributed by atoms with E-state index < -0.39 is 5.60 Å². The first kappa shape index (κ1) is 11.9. The van der Waals surface area contributed by atoms with Gasteiger partial charge in [0, 0.05) is 17.4 Å². The second-order valence-electron chi connectivity index (χ2n) is 5.93. The third kappa shape index (κ3) is 1.58. The van der Waals surface area contributed by atoms with Crippen LogP contribution in [0.4, 0.5) is 0 Å². The van der Waals surface area contributed by atoms with Crippen LogP contribution < -0.4 is 0 Å². The highest BCUT2D eigenvalue weighted by atomic mass is 16.4. The van der Waals surface area contributed by atoms with Gasteiger partial charge in [-0.1, -0.05) is 0 Å². The van der Waals surface area contributed by atoms with E-state index in [1.54, 1.807) is 0 Å². The molecule has 2 N–H and O–H groups in total. The third-order valence-corrected chi connectivity index (χ3v) is 4.11. The fraction of sp³-hybridized carbons (Fsp3) is 0.375. The lowest BCUT2D eigenvalue weighted by atomic mass is 9.99. The molecule has 0 radical (unpaired) electrons. The highest BCUT2D eigenvalue weighted by Gasteiger charge is 2.41. The van der Waals surface area contributed by atoms with E-state index in [0.29, 0.717) is 23.0 Å². The first-order valence-electron chi connectivity index (χ1n) is 6.83. The Balaban J connectivity index is 2.11. The maximum absolute atomic E-state index is 10.4. The van der Waals surface area contributed by atoms with Crippen LogP contribution in [-0.2, 0) is 6.42 Å². The second-order valence-corrected chi connectivity index (χ2v) is 5.93. The maximum atomic E-state index is 10.4. The molecule has 1 fully saturated rings. The van der Waals surface area contributed by atoms with Crippen LogP contribution in [0.25, 0.3) is 21.9 Å². The Morgan fingerprint density at radius 2 is 1.65 bits per heavy atom. The third-order valence-electron chi connectivity index (χ3n) is 4.11. The second kappa shape index (κ2) is 3.58. The monoisotopic (exact) mass is 272 g/mol. The molecule has 4 nitrogen and oxygen atoms in total. The van der Waals surface area contributed by atoms with Crippen LogP contribution in [0.15, 0.2) is 21.0 Å². The topological polar surface area (TPSA) is 66.7 Å². The molecule has 0 spiro atoms. The molecule has 4 heteroatoms. The minimum absolute atomic E-state index is 0.117. The van der Waals surface area contributed by atoms with E-state index in [0.717, 1.165) is 35.3 Å². The van der Waals surface area contributed by atoms with Crippen molar-refractivity contribution in [2.75, 3.05) is 0 Å². The van der Waals surface area contributed by atoms with E-state index in [-0.39, 0.29) is 5.75 Å². The summed E-state index contributed by atoms with van der Waals surface area (Å²) in [4.78, 5) is 0. The molecule has 3 aromatic rings. The van der Waals surface area contributed by atoms with E-state index in [1.807, 2.05) is 26.0 Å². The van der Waals surface area contributed by atoms with Crippen molar-refractivity contribution >= 4 is 21.9 Å². The van der Waals surface area contributed by atoms with Gasteiger partial charge in [0.2, 0.25) is 0 Å². The molecule has 0 unspecified atom stereocenters. The molecule has 104 valence electrons. The molecule has 0 saturated heterocycles. The molecule has 0 aliphatic heterocycles. The predicted octanol–water partition coefficient (Wildman–Crippen LogP) is 3.57. The zero-order chi connectivity index (χ0) is 14.1. The van der Waals surface area contributed by atoms with Crippen molar-refractivity contribution in [1.82, 2.24) is 0 Å². The Morgan fingerprint density at radius 1 is 1.05 bits per heavy atom. The van der Waals surface area contributed by atoms with Crippen LogP contribution >= 0.6 is 0 Å². The summed E-state index contributed by atoms with van der Waals surface area (Å²) in [5.74, 6) is 1.60. The lowest BCUT2D eigenvalue weighted by molar-refractivity contribution is 0.151. The van der Waals surface area contributed by atoms with Gasteiger partial charge in [0.1, 0.15) is 17.1 Å². The molecule has 0 atom stereocenters. The van der Waals surface area contributed by atoms with Crippen molar-refractivity contribution in [3.63, 3.8) is 0 Å². The summed E-state index contributed by atoms with van der Waals surface area (Å²) >= 11 is 0. The van der Waals surface area contributed by atoms with Crippen LogP contribution in [0.1, 0.15) is 29.9 Å². The maximum Gasteiger partial charge on any atom is 0.177 e. The number of furan rings is 2. The minimum Gasteiger partial charge on any atom is -0.504 e. The smallest absolute Gasteiger partial charge is 0.177 e. The van der Waals surface area contributed by atoms with Crippen LogP contribution in [0.2, 0.25) is 0 Å². The molecule has 0 amide bonds. The molecule has 2 aromatic heterocycles. The number of phenols is 1. The SMILES string of the molecule is Cc1cc2c(CC3(O)CC3)c3oc(C)cc3c(O)c2o1. The van der Waals surface area contributed by atoms with Gasteiger partial charge in [-0.3, -0.25) is 0 Å². The molecule has 1 aliphatic rings. The summed E-state index contributed by atoms with van der Waals surface area (Å²) in [7, 11) is 0. The molecular formula is C16H16O4. The fourth-order valence-corrected chi connectivity index (χ4v) is 2.90. The fourth-order valence-electron chi connectivity index (χ4n) is 2.90. The largest absolute Gasteiger partial charge is 0.504 e. The van der Waals surface area contributed by atoms with E-state index in [4.69, 9.17) is 8.83 Å². The number of aliphatic hydroxyl groups is 1. The lowest BCUT2D eigenvalue weighted by Crippen LogP contribution is -2.11. The van der Waals surface area contributed by atoms with E-state index >= 15 is 0 Å². The summed E-state index contributed by atoms with van der Waals surface area (Å²) in [5.41, 5.74) is 1.45. The van der Waals surface area contributed by atoms with Crippen molar-refractivity contribution in [3.05, 3.63) is 29.2 Å². The van der Waals surface area contributed by atoms with Crippen molar-refractivity contribution in [2.45, 2.75) is 38.7 Å². The molecule has 2 heterocycles. The van der Waals surface area contributed by atoms with Crippen molar-refractivity contribution in [3.8, 4) is 5.75 Å². The highest BCUT2D eigenvalue weighted by molar-refractivity contribution is 6.04. The number of hydrogen-bond donors (Lipinski definition) is 2. The zero-order valence-corrected chi connectivity index (χ0v) is 11.5.